The average Bonchev–Trinajstić information content (AvgIpc) is 2.89. The molecule has 1 heterocycles. The highest BCUT2D eigenvalue weighted by molar-refractivity contribution is 8.16. The minimum absolute atomic E-state index is 0.308. The van der Waals surface area contributed by atoms with Gasteiger partial charge in [0.15, 0.2) is 5.37 Å². The zero-order valence-electron chi connectivity index (χ0n) is 14.4. The van der Waals surface area contributed by atoms with Gasteiger partial charge in [0, 0.05) is 5.69 Å². The Morgan fingerprint density at radius 2 is 1.92 bits per heavy atom. The summed E-state index contributed by atoms with van der Waals surface area (Å²) in [5.74, 6) is -0.716. The molecule has 1 fully saturated rings. The molecular weight excluding hydrogens is 352 g/mol. The molecule has 0 spiro atoms. The van der Waals surface area contributed by atoms with Gasteiger partial charge in [0.25, 0.3) is 11.1 Å². The van der Waals surface area contributed by atoms with E-state index in [1.165, 1.54) is 4.90 Å². The molecule has 0 saturated carbocycles. The van der Waals surface area contributed by atoms with Gasteiger partial charge in [0.2, 0.25) is 0 Å². The van der Waals surface area contributed by atoms with E-state index in [-0.39, 0.29) is 11.1 Å². The maximum atomic E-state index is 12.6. The first-order valence-electron chi connectivity index (χ1n) is 8.14. The molecule has 2 amide bonds. The van der Waals surface area contributed by atoms with Crippen molar-refractivity contribution >= 4 is 40.3 Å². The second-order valence-electron chi connectivity index (χ2n) is 5.72. The van der Waals surface area contributed by atoms with E-state index in [1.54, 1.807) is 43.3 Å². The van der Waals surface area contributed by atoms with Crippen LogP contribution >= 0.6 is 11.8 Å². The summed E-state index contributed by atoms with van der Waals surface area (Å²) in [6.07, 6.45) is 0. The van der Waals surface area contributed by atoms with Crippen LogP contribution in [0.3, 0.4) is 0 Å². The highest BCUT2D eigenvalue weighted by Crippen LogP contribution is 2.32. The van der Waals surface area contributed by atoms with Crippen LogP contribution in [0, 0.1) is 6.92 Å². The monoisotopic (exact) mass is 370 g/mol. The Morgan fingerprint density at radius 3 is 2.58 bits per heavy atom. The fraction of sp³-hybridized carbons (Fsp3) is 0.211. The van der Waals surface area contributed by atoms with Crippen LogP contribution < -0.4 is 10.2 Å². The second kappa shape index (κ2) is 7.61. The first kappa shape index (κ1) is 18.0. The van der Waals surface area contributed by atoms with Gasteiger partial charge in [-0.05, 0) is 67.6 Å². The van der Waals surface area contributed by atoms with E-state index in [0.29, 0.717) is 23.5 Å². The number of carbonyl (C=O) groups is 3. The Bertz CT molecular complexity index is 851. The van der Waals surface area contributed by atoms with Gasteiger partial charge in [0.05, 0.1) is 17.9 Å². The third-order valence-electron chi connectivity index (χ3n) is 3.80. The van der Waals surface area contributed by atoms with Crippen LogP contribution in [0.4, 0.5) is 16.2 Å². The standard InChI is InChI=1S/C19H18N2O4S/c1-3-25-18(23)13-7-9-14(10-8-13)20-16-17(22)21(19(24)26-16)15-6-4-5-12(2)11-15/h4-11,16,20H,3H2,1-2H3/t16-/m0/s1. The largest absolute Gasteiger partial charge is 0.462 e. The molecule has 0 radical (unpaired) electrons. The lowest BCUT2D eigenvalue weighted by Crippen LogP contribution is -2.34. The molecule has 134 valence electrons. The molecule has 1 aliphatic heterocycles. The molecule has 2 aromatic rings. The van der Waals surface area contributed by atoms with Gasteiger partial charge in [-0.15, -0.1) is 0 Å². The van der Waals surface area contributed by atoms with Gasteiger partial charge in [-0.2, -0.15) is 0 Å². The van der Waals surface area contributed by atoms with Crippen LogP contribution in [0.2, 0.25) is 0 Å². The highest BCUT2D eigenvalue weighted by atomic mass is 32.2. The van der Waals surface area contributed by atoms with Crippen molar-refractivity contribution in [3.8, 4) is 0 Å². The lowest BCUT2D eigenvalue weighted by atomic mass is 10.2. The van der Waals surface area contributed by atoms with Crippen LogP contribution in [-0.2, 0) is 9.53 Å². The number of rotatable bonds is 5. The lowest BCUT2D eigenvalue weighted by Gasteiger charge is -2.15. The fourth-order valence-corrected chi connectivity index (χ4v) is 3.47. The Balaban J connectivity index is 1.72. The number of amides is 2. The normalized spacial score (nSPS) is 16.7. The molecule has 0 aliphatic carbocycles. The molecular formula is C19H18N2O4S. The Morgan fingerprint density at radius 1 is 1.19 bits per heavy atom. The number of hydrogen-bond donors (Lipinski definition) is 1. The van der Waals surface area contributed by atoms with Crippen LogP contribution in [0.5, 0.6) is 0 Å². The maximum Gasteiger partial charge on any atom is 0.338 e. The molecule has 1 aliphatic rings. The molecule has 6 nitrogen and oxygen atoms in total. The quantitative estimate of drug-likeness (QED) is 0.807. The van der Waals surface area contributed by atoms with Crippen molar-refractivity contribution in [2.24, 2.45) is 0 Å². The first-order chi connectivity index (χ1) is 12.5. The summed E-state index contributed by atoms with van der Waals surface area (Å²) in [7, 11) is 0. The molecule has 1 atom stereocenters. The van der Waals surface area contributed by atoms with E-state index in [0.717, 1.165) is 17.3 Å². The van der Waals surface area contributed by atoms with Crippen molar-refractivity contribution in [1.82, 2.24) is 0 Å². The first-order valence-corrected chi connectivity index (χ1v) is 9.02. The van der Waals surface area contributed by atoms with E-state index in [9.17, 15) is 14.4 Å². The topological polar surface area (TPSA) is 75.7 Å². The number of ether oxygens (including phenoxy) is 1. The number of aryl methyl sites for hydroxylation is 1. The van der Waals surface area contributed by atoms with Crippen LogP contribution in [0.15, 0.2) is 48.5 Å². The van der Waals surface area contributed by atoms with Gasteiger partial charge in [-0.25, -0.2) is 9.69 Å². The fourth-order valence-electron chi connectivity index (χ4n) is 2.57. The zero-order chi connectivity index (χ0) is 18.7. The summed E-state index contributed by atoms with van der Waals surface area (Å²) in [5, 5.41) is 2.00. The van der Waals surface area contributed by atoms with Crippen molar-refractivity contribution in [3.05, 3.63) is 59.7 Å². The summed E-state index contributed by atoms with van der Waals surface area (Å²) in [4.78, 5) is 37.8. The number of anilines is 2. The van der Waals surface area contributed by atoms with Crippen molar-refractivity contribution < 1.29 is 19.1 Å². The molecule has 2 aromatic carbocycles. The number of hydrogen-bond acceptors (Lipinski definition) is 6. The number of nitrogens with zero attached hydrogens (tertiary/aromatic N) is 1. The smallest absolute Gasteiger partial charge is 0.338 e. The molecule has 3 rings (SSSR count). The lowest BCUT2D eigenvalue weighted by molar-refractivity contribution is -0.116. The summed E-state index contributed by atoms with van der Waals surface area (Å²) in [5.41, 5.74) is 2.61. The predicted molar refractivity (Wildman–Crippen MR) is 101 cm³/mol. The maximum absolute atomic E-state index is 12.6. The summed E-state index contributed by atoms with van der Waals surface area (Å²) in [6, 6.07) is 13.8. The molecule has 7 heteroatoms. The van der Waals surface area contributed by atoms with Gasteiger partial charge in [-0.1, -0.05) is 12.1 Å². The van der Waals surface area contributed by atoms with Gasteiger partial charge in [-0.3, -0.25) is 9.59 Å². The van der Waals surface area contributed by atoms with Gasteiger partial charge < -0.3 is 10.1 Å². The average molecular weight is 370 g/mol. The van der Waals surface area contributed by atoms with Crippen LogP contribution in [0.25, 0.3) is 0 Å². The number of thioether (sulfide) groups is 1. The number of benzene rings is 2. The number of esters is 1. The van der Waals surface area contributed by atoms with Crippen LogP contribution in [0.1, 0.15) is 22.8 Å². The second-order valence-corrected chi connectivity index (χ2v) is 6.77. The number of carbonyl (C=O) groups excluding carboxylic acids is 3. The van der Waals surface area contributed by atoms with E-state index in [1.807, 2.05) is 19.1 Å². The molecule has 1 N–H and O–H groups in total. The SMILES string of the molecule is CCOC(=O)c1ccc(N[C@H]2SC(=O)N(c3cccc(C)c3)C2=O)cc1. The van der Waals surface area contributed by atoms with Gasteiger partial charge in [0.1, 0.15) is 0 Å². The molecule has 0 bridgehead atoms. The van der Waals surface area contributed by atoms with Crippen molar-refractivity contribution in [3.63, 3.8) is 0 Å². The Kier molecular flexibility index (Phi) is 5.27. The van der Waals surface area contributed by atoms with Crippen molar-refractivity contribution in [1.29, 1.82) is 0 Å². The molecule has 0 unspecified atom stereocenters. The molecule has 26 heavy (non-hydrogen) atoms. The number of nitrogens with one attached hydrogen (secondary N) is 1. The van der Waals surface area contributed by atoms with E-state index < -0.39 is 11.3 Å². The van der Waals surface area contributed by atoms with Crippen molar-refractivity contribution in [2.75, 3.05) is 16.8 Å². The van der Waals surface area contributed by atoms with E-state index >= 15 is 0 Å². The van der Waals surface area contributed by atoms with E-state index in [2.05, 4.69) is 5.32 Å². The number of imide groups is 1. The Labute approximate surface area is 155 Å². The van der Waals surface area contributed by atoms with Gasteiger partial charge >= 0.3 is 5.97 Å². The predicted octanol–water partition coefficient (Wildman–Crippen LogP) is 3.81. The molecule has 1 saturated heterocycles. The Hall–Kier alpha value is -2.80. The summed E-state index contributed by atoms with van der Waals surface area (Å²) in [6.45, 7) is 3.96. The summed E-state index contributed by atoms with van der Waals surface area (Å²) >= 11 is 0.931. The third-order valence-corrected chi connectivity index (χ3v) is 4.74. The highest BCUT2D eigenvalue weighted by Gasteiger charge is 2.40. The van der Waals surface area contributed by atoms with Crippen molar-refractivity contribution in [2.45, 2.75) is 19.2 Å². The minimum atomic E-state index is -0.712. The third kappa shape index (κ3) is 3.72. The van der Waals surface area contributed by atoms with E-state index in [4.69, 9.17) is 4.74 Å². The summed E-state index contributed by atoms with van der Waals surface area (Å²) < 4.78 is 4.94. The minimum Gasteiger partial charge on any atom is -0.462 e. The molecule has 0 aromatic heterocycles. The van der Waals surface area contributed by atoms with Crippen LogP contribution in [-0.4, -0.2) is 29.1 Å². The zero-order valence-corrected chi connectivity index (χ0v) is 15.2.